The maximum absolute atomic E-state index is 10.7. The third-order valence-electron chi connectivity index (χ3n) is 3.53. The monoisotopic (exact) mass is 450 g/mol. The van der Waals surface area contributed by atoms with Gasteiger partial charge in [0.2, 0.25) is 0 Å². The summed E-state index contributed by atoms with van der Waals surface area (Å²) in [6, 6.07) is 6.60. The van der Waals surface area contributed by atoms with E-state index in [4.69, 9.17) is 0 Å². The molecule has 1 N–H and O–H groups in total. The first-order chi connectivity index (χ1) is 10.4. The van der Waals surface area contributed by atoms with Crippen LogP contribution in [0, 0.1) is 10.1 Å². The standard InChI is InChI=1S/C15H22N4O2S.HI/c1-15(2)11-18(8-9-22-15)14(16-3)17-10-12-4-6-13(7-5-12)19(20)21;/h4-7H,8-11H2,1-3H3,(H,16,17);1H. The summed E-state index contributed by atoms with van der Waals surface area (Å²) in [7, 11) is 1.78. The predicted molar refractivity (Wildman–Crippen MR) is 107 cm³/mol. The van der Waals surface area contributed by atoms with Gasteiger partial charge >= 0.3 is 0 Å². The Hall–Kier alpha value is -1.03. The molecule has 8 heteroatoms. The number of nitro groups is 1. The van der Waals surface area contributed by atoms with Crippen LogP contribution in [0.15, 0.2) is 29.3 Å². The van der Waals surface area contributed by atoms with Crippen molar-refractivity contribution in [3.05, 3.63) is 39.9 Å². The van der Waals surface area contributed by atoms with Gasteiger partial charge in [-0.2, -0.15) is 11.8 Å². The number of thioether (sulfide) groups is 1. The van der Waals surface area contributed by atoms with Crippen LogP contribution in [-0.2, 0) is 6.54 Å². The van der Waals surface area contributed by atoms with E-state index in [-0.39, 0.29) is 39.3 Å². The number of non-ortho nitro benzene ring substituents is 1. The number of rotatable bonds is 3. The zero-order valence-electron chi connectivity index (χ0n) is 13.6. The minimum Gasteiger partial charge on any atom is -0.352 e. The number of halogens is 1. The van der Waals surface area contributed by atoms with Gasteiger partial charge in [-0.15, -0.1) is 24.0 Å². The summed E-state index contributed by atoms with van der Waals surface area (Å²) >= 11 is 1.98. The number of aliphatic imine (C=N–C) groups is 1. The van der Waals surface area contributed by atoms with Gasteiger partial charge in [0.1, 0.15) is 0 Å². The van der Waals surface area contributed by atoms with Gasteiger partial charge < -0.3 is 10.2 Å². The molecule has 0 bridgehead atoms. The second-order valence-corrected chi connectivity index (χ2v) is 7.66. The molecule has 2 rings (SSSR count). The quantitative estimate of drug-likeness (QED) is 0.252. The molecule has 23 heavy (non-hydrogen) atoms. The molecule has 128 valence electrons. The van der Waals surface area contributed by atoms with Crippen LogP contribution in [0.3, 0.4) is 0 Å². The molecule has 6 nitrogen and oxygen atoms in total. The van der Waals surface area contributed by atoms with Gasteiger partial charge in [0.25, 0.3) is 5.69 Å². The molecule has 1 saturated heterocycles. The summed E-state index contributed by atoms with van der Waals surface area (Å²) in [5, 5.41) is 14.0. The van der Waals surface area contributed by atoms with Crippen molar-refractivity contribution in [3.8, 4) is 0 Å². The number of benzene rings is 1. The van der Waals surface area contributed by atoms with Crippen molar-refractivity contribution in [2.24, 2.45) is 4.99 Å². The van der Waals surface area contributed by atoms with E-state index in [9.17, 15) is 10.1 Å². The van der Waals surface area contributed by atoms with Crippen LogP contribution >= 0.6 is 35.7 Å². The minimum absolute atomic E-state index is 0. The van der Waals surface area contributed by atoms with E-state index in [1.54, 1.807) is 19.2 Å². The molecule has 1 aliphatic heterocycles. The lowest BCUT2D eigenvalue weighted by Crippen LogP contribution is -2.50. The lowest BCUT2D eigenvalue weighted by atomic mass is 10.2. The van der Waals surface area contributed by atoms with Crippen molar-refractivity contribution in [2.45, 2.75) is 25.1 Å². The third kappa shape index (κ3) is 5.83. The lowest BCUT2D eigenvalue weighted by Gasteiger charge is -2.39. The van der Waals surface area contributed by atoms with Crippen LogP contribution < -0.4 is 5.32 Å². The summed E-state index contributed by atoms with van der Waals surface area (Å²) in [5.74, 6) is 1.97. The Bertz CT molecular complexity index is 563. The van der Waals surface area contributed by atoms with Gasteiger partial charge in [0.15, 0.2) is 5.96 Å². The zero-order chi connectivity index (χ0) is 16.2. The SMILES string of the molecule is CN=C(NCc1ccc([N+](=O)[O-])cc1)N1CCSC(C)(C)C1.I. The van der Waals surface area contributed by atoms with E-state index in [0.717, 1.165) is 30.4 Å². The number of guanidine groups is 1. The highest BCUT2D eigenvalue weighted by Crippen LogP contribution is 2.29. The van der Waals surface area contributed by atoms with Crippen LogP contribution in [0.2, 0.25) is 0 Å². The highest BCUT2D eigenvalue weighted by atomic mass is 127. The predicted octanol–water partition coefficient (Wildman–Crippen LogP) is 3.12. The Morgan fingerprint density at radius 1 is 1.43 bits per heavy atom. The van der Waals surface area contributed by atoms with Crippen molar-refractivity contribution in [1.29, 1.82) is 0 Å². The van der Waals surface area contributed by atoms with E-state index in [0.29, 0.717) is 6.54 Å². The average molecular weight is 450 g/mol. The summed E-state index contributed by atoms with van der Waals surface area (Å²) < 4.78 is 0.225. The Morgan fingerprint density at radius 2 is 2.09 bits per heavy atom. The van der Waals surface area contributed by atoms with Crippen LogP contribution in [0.4, 0.5) is 5.69 Å². The maximum atomic E-state index is 10.7. The van der Waals surface area contributed by atoms with Gasteiger partial charge in [-0.05, 0) is 19.4 Å². The lowest BCUT2D eigenvalue weighted by molar-refractivity contribution is -0.384. The maximum Gasteiger partial charge on any atom is 0.269 e. The average Bonchev–Trinajstić information content (AvgIpc) is 2.47. The molecule has 0 radical (unpaired) electrons. The molecule has 0 spiro atoms. The Kier molecular flexibility index (Phi) is 7.59. The van der Waals surface area contributed by atoms with Crippen LogP contribution in [-0.4, -0.2) is 46.4 Å². The Balaban J connectivity index is 0.00000264. The van der Waals surface area contributed by atoms with Crippen molar-refractivity contribution in [1.82, 2.24) is 10.2 Å². The molecule has 0 atom stereocenters. The molecule has 0 amide bonds. The molecular formula is C15H23IN4O2S. The number of nitrogens with one attached hydrogen (secondary N) is 1. The number of nitrogens with zero attached hydrogens (tertiary/aromatic N) is 3. The normalized spacial score (nSPS) is 17.3. The topological polar surface area (TPSA) is 70.8 Å². The molecule has 0 aromatic heterocycles. The van der Waals surface area contributed by atoms with Crippen LogP contribution in [0.25, 0.3) is 0 Å². The number of nitro benzene ring substituents is 1. The van der Waals surface area contributed by atoms with Gasteiger partial charge in [-0.1, -0.05) is 12.1 Å². The summed E-state index contributed by atoms with van der Waals surface area (Å²) in [5.41, 5.74) is 1.11. The van der Waals surface area contributed by atoms with Crippen LogP contribution in [0.1, 0.15) is 19.4 Å². The molecule has 0 unspecified atom stereocenters. The summed E-state index contributed by atoms with van der Waals surface area (Å²) in [4.78, 5) is 16.9. The molecule has 1 aromatic rings. The van der Waals surface area contributed by atoms with E-state index in [1.165, 1.54) is 12.1 Å². The van der Waals surface area contributed by atoms with E-state index in [2.05, 4.69) is 29.1 Å². The van der Waals surface area contributed by atoms with Gasteiger partial charge in [-0.3, -0.25) is 15.1 Å². The Morgan fingerprint density at radius 3 is 2.61 bits per heavy atom. The first kappa shape index (κ1) is 20.0. The molecule has 1 aliphatic rings. The molecule has 1 fully saturated rings. The van der Waals surface area contributed by atoms with Crippen molar-refractivity contribution >= 4 is 47.4 Å². The Labute approximate surface area is 158 Å². The fourth-order valence-electron chi connectivity index (χ4n) is 2.45. The second kappa shape index (κ2) is 8.72. The van der Waals surface area contributed by atoms with E-state index >= 15 is 0 Å². The van der Waals surface area contributed by atoms with Crippen molar-refractivity contribution < 1.29 is 4.92 Å². The highest BCUT2D eigenvalue weighted by Gasteiger charge is 2.28. The second-order valence-electron chi connectivity index (χ2n) is 5.85. The number of hydrogen-bond donors (Lipinski definition) is 1. The molecule has 1 aromatic carbocycles. The molecule has 0 aliphatic carbocycles. The first-order valence-corrected chi connectivity index (χ1v) is 8.23. The van der Waals surface area contributed by atoms with Gasteiger partial charge in [0, 0.05) is 49.3 Å². The number of hydrogen-bond acceptors (Lipinski definition) is 4. The molecule has 0 saturated carbocycles. The summed E-state index contributed by atoms with van der Waals surface area (Å²) in [6.45, 7) is 7.03. The molecule has 1 heterocycles. The molecular weight excluding hydrogens is 427 g/mol. The van der Waals surface area contributed by atoms with Crippen molar-refractivity contribution in [2.75, 3.05) is 25.9 Å². The first-order valence-electron chi connectivity index (χ1n) is 7.24. The summed E-state index contributed by atoms with van der Waals surface area (Å²) in [6.07, 6.45) is 0. The largest absolute Gasteiger partial charge is 0.352 e. The van der Waals surface area contributed by atoms with Crippen LogP contribution in [0.5, 0.6) is 0 Å². The smallest absolute Gasteiger partial charge is 0.269 e. The van der Waals surface area contributed by atoms with Gasteiger partial charge in [-0.25, -0.2) is 0 Å². The fraction of sp³-hybridized carbons (Fsp3) is 0.533. The zero-order valence-corrected chi connectivity index (χ0v) is 16.8. The highest BCUT2D eigenvalue weighted by molar-refractivity contribution is 14.0. The van der Waals surface area contributed by atoms with Crippen molar-refractivity contribution in [3.63, 3.8) is 0 Å². The minimum atomic E-state index is -0.385. The van der Waals surface area contributed by atoms with Gasteiger partial charge in [0.05, 0.1) is 4.92 Å². The van der Waals surface area contributed by atoms with E-state index in [1.807, 2.05) is 11.8 Å². The van der Waals surface area contributed by atoms with E-state index < -0.39 is 0 Å². The third-order valence-corrected chi connectivity index (χ3v) is 4.83. The fourth-order valence-corrected chi connectivity index (χ4v) is 3.56.